The quantitative estimate of drug-likeness (QED) is 0.469. The molecule has 7 heteroatoms. The summed E-state index contributed by atoms with van der Waals surface area (Å²) in [6, 6.07) is 0.352. The smallest absolute Gasteiger partial charge is 0.222 e. The van der Waals surface area contributed by atoms with Crippen LogP contribution in [0.15, 0.2) is 4.99 Å². The predicted octanol–water partition coefficient (Wildman–Crippen LogP) is 1.38. The molecule has 0 bridgehead atoms. The Morgan fingerprint density at radius 1 is 1.15 bits per heavy atom. The Morgan fingerprint density at radius 3 is 2.62 bits per heavy atom. The highest BCUT2D eigenvalue weighted by Crippen LogP contribution is 2.19. The number of nitrogens with two attached hydrogens (primary N) is 1. The molecule has 1 aliphatic carbocycles. The van der Waals surface area contributed by atoms with Crippen molar-refractivity contribution in [2.75, 3.05) is 26.2 Å². The second kappa shape index (κ2) is 11.0. The van der Waals surface area contributed by atoms with Crippen LogP contribution in [-0.4, -0.2) is 54.9 Å². The molecule has 0 aromatic carbocycles. The van der Waals surface area contributed by atoms with Crippen molar-refractivity contribution in [1.29, 1.82) is 0 Å². The lowest BCUT2D eigenvalue weighted by Gasteiger charge is -2.34. The highest BCUT2D eigenvalue weighted by atomic mass is 16.2. The number of rotatable bonds is 7. The molecule has 1 aliphatic heterocycles. The van der Waals surface area contributed by atoms with Gasteiger partial charge in [-0.3, -0.25) is 14.6 Å². The van der Waals surface area contributed by atoms with Gasteiger partial charge in [0.25, 0.3) is 0 Å². The number of piperidine rings is 1. The number of aliphatic imine (C=N–C) groups is 1. The van der Waals surface area contributed by atoms with Crippen molar-refractivity contribution in [3.05, 3.63) is 0 Å². The minimum absolute atomic E-state index is 0.0988. The van der Waals surface area contributed by atoms with Crippen molar-refractivity contribution < 1.29 is 9.59 Å². The van der Waals surface area contributed by atoms with Gasteiger partial charge in [-0.1, -0.05) is 19.3 Å². The van der Waals surface area contributed by atoms with E-state index in [1.807, 2.05) is 6.92 Å². The molecule has 0 aromatic heterocycles. The summed E-state index contributed by atoms with van der Waals surface area (Å²) in [4.78, 5) is 30.2. The fourth-order valence-electron chi connectivity index (χ4n) is 3.94. The lowest BCUT2D eigenvalue weighted by atomic mass is 9.95. The zero-order valence-corrected chi connectivity index (χ0v) is 16.1. The number of likely N-dealkylation sites (tertiary alicyclic amines) is 1. The monoisotopic (exact) mass is 365 g/mol. The predicted molar refractivity (Wildman–Crippen MR) is 104 cm³/mol. The second-order valence-corrected chi connectivity index (χ2v) is 7.51. The van der Waals surface area contributed by atoms with E-state index < -0.39 is 0 Å². The van der Waals surface area contributed by atoms with Crippen LogP contribution in [0.3, 0.4) is 0 Å². The van der Waals surface area contributed by atoms with E-state index in [2.05, 4.69) is 20.5 Å². The number of nitrogens with one attached hydrogen (secondary N) is 2. The Bertz CT molecular complexity index is 488. The molecule has 26 heavy (non-hydrogen) atoms. The highest BCUT2D eigenvalue weighted by Gasteiger charge is 2.23. The van der Waals surface area contributed by atoms with E-state index in [4.69, 9.17) is 5.73 Å². The number of hydrogen-bond donors (Lipinski definition) is 3. The molecule has 1 saturated carbocycles. The average Bonchev–Trinajstić information content (AvgIpc) is 2.61. The average molecular weight is 366 g/mol. The fraction of sp³-hybridized carbons (Fsp3) is 0.842. The van der Waals surface area contributed by atoms with E-state index in [0.717, 1.165) is 51.3 Å². The van der Waals surface area contributed by atoms with Crippen LogP contribution in [0, 0.1) is 5.92 Å². The third kappa shape index (κ3) is 7.22. The SMILES string of the molecule is CCNC(=NCCC(=O)NC1CCCCC1)N1CCCC(CC(N)=O)C1. The van der Waals surface area contributed by atoms with Crippen LogP contribution in [0.25, 0.3) is 0 Å². The third-order valence-corrected chi connectivity index (χ3v) is 5.21. The first-order chi connectivity index (χ1) is 12.6. The molecular formula is C19H35N5O2. The molecule has 1 atom stereocenters. The molecule has 1 saturated heterocycles. The van der Waals surface area contributed by atoms with E-state index in [-0.39, 0.29) is 11.8 Å². The summed E-state index contributed by atoms with van der Waals surface area (Å²) in [5, 5.41) is 6.45. The summed E-state index contributed by atoms with van der Waals surface area (Å²) in [6.45, 7) is 5.02. The minimum atomic E-state index is -0.238. The van der Waals surface area contributed by atoms with E-state index in [1.165, 1.54) is 19.3 Å². The third-order valence-electron chi connectivity index (χ3n) is 5.21. The van der Waals surface area contributed by atoms with E-state index in [0.29, 0.717) is 31.3 Å². The number of primary amides is 1. The zero-order chi connectivity index (χ0) is 18.8. The summed E-state index contributed by atoms with van der Waals surface area (Å²) in [6.07, 6.45) is 8.84. The summed E-state index contributed by atoms with van der Waals surface area (Å²) in [5.74, 6) is 0.992. The van der Waals surface area contributed by atoms with Crippen LogP contribution >= 0.6 is 0 Å². The maximum atomic E-state index is 12.1. The van der Waals surface area contributed by atoms with E-state index in [1.54, 1.807) is 0 Å². The van der Waals surface area contributed by atoms with Gasteiger partial charge in [-0.25, -0.2) is 0 Å². The van der Waals surface area contributed by atoms with Gasteiger partial charge in [-0.2, -0.15) is 0 Å². The minimum Gasteiger partial charge on any atom is -0.370 e. The summed E-state index contributed by atoms with van der Waals surface area (Å²) in [7, 11) is 0. The molecule has 0 spiro atoms. The molecule has 2 fully saturated rings. The van der Waals surface area contributed by atoms with Gasteiger partial charge in [-0.15, -0.1) is 0 Å². The molecule has 148 valence electrons. The largest absolute Gasteiger partial charge is 0.370 e. The summed E-state index contributed by atoms with van der Waals surface area (Å²) >= 11 is 0. The lowest BCUT2D eigenvalue weighted by molar-refractivity contribution is -0.122. The summed E-state index contributed by atoms with van der Waals surface area (Å²) in [5.41, 5.74) is 5.35. The van der Waals surface area contributed by atoms with Crippen molar-refractivity contribution in [1.82, 2.24) is 15.5 Å². The first-order valence-electron chi connectivity index (χ1n) is 10.2. The Hall–Kier alpha value is -1.79. The molecule has 2 rings (SSSR count). The highest BCUT2D eigenvalue weighted by molar-refractivity contribution is 5.81. The van der Waals surface area contributed by atoms with Crippen LogP contribution in [0.5, 0.6) is 0 Å². The lowest BCUT2D eigenvalue weighted by Crippen LogP contribution is -2.47. The standard InChI is InChI=1S/C19H35N5O2/c1-2-21-19(24-12-6-7-15(14-24)13-17(20)25)22-11-10-18(26)23-16-8-4-3-5-9-16/h15-16H,2-14H2,1H3,(H2,20,25)(H,21,22)(H,23,26). The zero-order valence-electron chi connectivity index (χ0n) is 16.1. The molecule has 2 aliphatic rings. The number of hydrogen-bond acceptors (Lipinski definition) is 3. The number of carbonyl (C=O) groups is 2. The van der Waals surface area contributed by atoms with E-state index in [9.17, 15) is 9.59 Å². The van der Waals surface area contributed by atoms with Crippen molar-refractivity contribution in [2.45, 2.75) is 70.8 Å². The molecule has 4 N–H and O–H groups in total. The van der Waals surface area contributed by atoms with Gasteiger partial charge >= 0.3 is 0 Å². The van der Waals surface area contributed by atoms with Gasteiger partial charge in [0.15, 0.2) is 5.96 Å². The van der Waals surface area contributed by atoms with Crippen LogP contribution < -0.4 is 16.4 Å². The van der Waals surface area contributed by atoms with Crippen LogP contribution in [0.2, 0.25) is 0 Å². The normalized spacial score (nSPS) is 22.1. The molecule has 7 nitrogen and oxygen atoms in total. The fourth-order valence-corrected chi connectivity index (χ4v) is 3.94. The number of carbonyl (C=O) groups excluding carboxylic acids is 2. The maximum absolute atomic E-state index is 12.1. The van der Waals surface area contributed by atoms with Gasteiger partial charge in [0.1, 0.15) is 0 Å². The Morgan fingerprint density at radius 2 is 1.92 bits per heavy atom. The van der Waals surface area contributed by atoms with E-state index >= 15 is 0 Å². The number of guanidine groups is 1. The number of amides is 2. The first kappa shape index (κ1) is 20.5. The van der Waals surface area contributed by atoms with Crippen molar-refractivity contribution in [2.24, 2.45) is 16.6 Å². The van der Waals surface area contributed by atoms with Crippen LogP contribution in [-0.2, 0) is 9.59 Å². The Labute approximate surface area is 157 Å². The number of nitrogens with zero attached hydrogens (tertiary/aromatic N) is 2. The first-order valence-corrected chi connectivity index (χ1v) is 10.2. The van der Waals surface area contributed by atoms with Gasteiger partial charge in [-0.05, 0) is 38.5 Å². The molecule has 2 amide bonds. The summed E-state index contributed by atoms with van der Waals surface area (Å²) < 4.78 is 0. The molecular weight excluding hydrogens is 330 g/mol. The van der Waals surface area contributed by atoms with Crippen molar-refractivity contribution in [3.8, 4) is 0 Å². The Balaban J connectivity index is 1.81. The molecule has 1 unspecified atom stereocenters. The topological polar surface area (TPSA) is 99.8 Å². The maximum Gasteiger partial charge on any atom is 0.222 e. The van der Waals surface area contributed by atoms with Crippen LogP contribution in [0.1, 0.15) is 64.7 Å². The Kier molecular flexibility index (Phi) is 8.71. The molecule has 0 radical (unpaired) electrons. The molecule has 1 heterocycles. The van der Waals surface area contributed by atoms with Gasteiger partial charge < -0.3 is 21.3 Å². The van der Waals surface area contributed by atoms with Crippen molar-refractivity contribution >= 4 is 17.8 Å². The van der Waals surface area contributed by atoms with Crippen molar-refractivity contribution in [3.63, 3.8) is 0 Å². The van der Waals surface area contributed by atoms with Gasteiger partial charge in [0, 0.05) is 38.5 Å². The molecule has 0 aromatic rings. The van der Waals surface area contributed by atoms with Crippen LogP contribution in [0.4, 0.5) is 0 Å². The second-order valence-electron chi connectivity index (χ2n) is 7.51. The van der Waals surface area contributed by atoms with Gasteiger partial charge in [0.05, 0.1) is 6.54 Å². The van der Waals surface area contributed by atoms with Gasteiger partial charge in [0.2, 0.25) is 11.8 Å².